The molecule has 2 atom stereocenters. The van der Waals surface area contributed by atoms with E-state index in [0.29, 0.717) is 11.4 Å². The second-order valence-electron chi connectivity index (χ2n) is 6.95. The number of hydrogen-bond acceptors (Lipinski definition) is 7. The predicted octanol–water partition coefficient (Wildman–Crippen LogP) is 4.51. The largest absolute Gasteiger partial charge is 0.382 e. The van der Waals surface area contributed by atoms with Crippen molar-refractivity contribution in [2.75, 3.05) is 0 Å². The lowest BCUT2D eigenvalue weighted by Crippen LogP contribution is -2.40. The minimum Gasteiger partial charge on any atom is -0.382 e. The van der Waals surface area contributed by atoms with Crippen LogP contribution in [0.25, 0.3) is 12.2 Å². The SMILES string of the molecule is CC(Sc1nc(/C=C/c2ccccc2)ns1)C(O)(Cn1cncn1)c1ccc(F)cc1. The molecular formula is C22H20FN5OS2. The molecule has 0 fully saturated rings. The Morgan fingerprint density at radius 1 is 1.16 bits per heavy atom. The van der Waals surface area contributed by atoms with E-state index in [1.165, 1.54) is 41.8 Å². The van der Waals surface area contributed by atoms with Gasteiger partial charge < -0.3 is 5.11 Å². The third-order valence-corrected chi connectivity index (χ3v) is 6.89. The first-order valence-electron chi connectivity index (χ1n) is 9.57. The van der Waals surface area contributed by atoms with Crippen molar-refractivity contribution in [3.8, 4) is 0 Å². The Hall–Kier alpha value is -2.88. The summed E-state index contributed by atoms with van der Waals surface area (Å²) in [6.45, 7) is 2.08. The summed E-state index contributed by atoms with van der Waals surface area (Å²) < 4.78 is 20.2. The summed E-state index contributed by atoms with van der Waals surface area (Å²) >= 11 is 2.70. The molecule has 0 amide bonds. The number of thioether (sulfide) groups is 1. The molecule has 158 valence electrons. The average molecular weight is 454 g/mol. The number of halogens is 1. The van der Waals surface area contributed by atoms with Crippen LogP contribution in [0.1, 0.15) is 23.9 Å². The van der Waals surface area contributed by atoms with E-state index >= 15 is 0 Å². The van der Waals surface area contributed by atoms with Gasteiger partial charge in [0.05, 0.1) is 6.54 Å². The molecule has 4 rings (SSSR count). The summed E-state index contributed by atoms with van der Waals surface area (Å²) in [5.41, 5.74) is 0.342. The Kier molecular flexibility index (Phi) is 6.55. The van der Waals surface area contributed by atoms with E-state index in [2.05, 4.69) is 19.4 Å². The second kappa shape index (κ2) is 9.51. The molecule has 0 aliphatic rings. The molecule has 4 aromatic rings. The molecule has 0 aliphatic carbocycles. The number of rotatable bonds is 8. The van der Waals surface area contributed by atoms with Crippen molar-refractivity contribution in [3.63, 3.8) is 0 Å². The molecule has 2 heterocycles. The Morgan fingerprint density at radius 2 is 1.94 bits per heavy atom. The van der Waals surface area contributed by atoms with Crippen LogP contribution in [-0.2, 0) is 12.1 Å². The fourth-order valence-corrected chi connectivity index (χ4v) is 5.05. The van der Waals surface area contributed by atoms with Gasteiger partial charge in [-0.05, 0) is 47.8 Å². The van der Waals surface area contributed by atoms with Crippen molar-refractivity contribution in [1.82, 2.24) is 24.1 Å². The van der Waals surface area contributed by atoms with E-state index in [9.17, 15) is 9.50 Å². The van der Waals surface area contributed by atoms with Gasteiger partial charge in [0, 0.05) is 5.25 Å². The zero-order valence-electron chi connectivity index (χ0n) is 16.7. The molecule has 1 N–H and O–H groups in total. The van der Waals surface area contributed by atoms with Gasteiger partial charge in [0.25, 0.3) is 0 Å². The van der Waals surface area contributed by atoms with Crippen molar-refractivity contribution in [2.45, 2.75) is 28.7 Å². The highest BCUT2D eigenvalue weighted by molar-refractivity contribution is 8.01. The quantitative estimate of drug-likeness (QED) is 0.396. The van der Waals surface area contributed by atoms with E-state index < -0.39 is 5.60 Å². The Balaban J connectivity index is 1.53. The maximum atomic E-state index is 13.5. The molecular weight excluding hydrogens is 433 g/mol. The fourth-order valence-electron chi connectivity index (χ4n) is 3.07. The first-order valence-corrected chi connectivity index (χ1v) is 11.2. The van der Waals surface area contributed by atoms with Crippen LogP contribution in [0, 0.1) is 5.82 Å². The molecule has 0 bridgehead atoms. The van der Waals surface area contributed by atoms with Crippen molar-refractivity contribution in [2.24, 2.45) is 0 Å². The summed E-state index contributed by atoms with van der Waals surface area (Å²) in [4.78, 5) is 8.51. The smallest absolute Gasteiger partial charge is 0.170 e. The maximum absolute atomic E-state index is 13.5. The minimum atomic E-state index is -1.32. The highest BCUT2D eigenvalue weighted by Crippen LogP contribution is 2.38. The lowest BCUT2D eigenvalue weighted by molar-refractivity contribution is 0.0167. The number of aromatic nitrogens is 5. The molecule has 2 unspecified atom stereocenters. The normalized spacial score (nSPS) is 14.5. The fraction of sp³-hybridized carbons (Fsp3) is 0.182. The van der Waals surface area contributed by atoms with Gasteiger partial charge >= 0.3 is 0 Å². The first-order chi connectivity index (χ1) is 15.0. The Bertz CT molecular complexity index is 1130. The van der Waals surface area contributed by atoms with Crippen molar-refractivity contribution >= 4 is 35.4 Å². The van der Waals surface area contributed by atoms with Gasteiger partial charge in [0.2, 0.25) is 0 Å². The Morgan fingerprint density at radius 3 is 2.65 bits per heavy atom. The highest BCUT2D eigenvalue weighted by atomic mass is 32.2. The topological polar surface area (TPSA) is 76.7 Å². The lowest BCUT2D eigenvalue weighted by atomic mass is 9.90. The van der Waals surface area contributed by atoms with Gasteiger partial charge in [0.1, 0.15) is 24.1 Å². The predicted molar refractivity (Wildman–Crippen MR) is 121 cm³/mol. The summed E-state index contributed by atoms with van der Waals surface area (Å²) in [7, 11) is 0. The average Bonchev–Trinajstić information content (AvgIpc) is 3.45. The van der Waals surface area contributed by atoms with E-state index in [0.717, 1.165) is 9.90 Å². The van der Waals surface area contributed by atoms with Crippen LogP contribution < -0.4 is 0 Å². The summed E-state index contributed by atoms with van der Waals surface area (Å²) in [5.74, 6) is 0.260. The monoisotopic (exact) mass is 453 g/mol. The number of nitrogens with zero attached hydrogens (tertiary/aromatic N) is 5. The summed E-state index contributed by atoms with van der Waals surface area (Å²) in [6, 6.07) is 15.8. The van der Waals surface area contributed by atoms with Crippen LogP contribution in [0.15, 0.2) is 71.6 Å². The highest BCUT2D eigenvalue weighted by Gasteiger charge is 2.38. The van der Waals surface area contributed by atoms with E-state index in [1.807, 2.05) is 49.4 Å². The van der Waals surface area contributed by atoms with Crippen molar-refractivity contribution in [1.29, 1.82) is 0 Å². The first kappa shape index (κ1) is 21.4. The van der Waals surface area contributed by atoms with Gasteiger partial charge in [-0.3, -0.25) is 0 Å². The standard InChI is InChI=1S/C22H20FN5OS2/c1-16(30-21-26-20(27-31-21)12-7-17-5-3-2-4-6-17)22(29,13-28-15-24-14-25-28)18-8-10-19(23)11-9-18/h2-12,14-16,29H,13H2,1H3/b12-7+. The van der Waals surface area contributed by atoms with Crippen LogP contribution >= 0.6 is 23.3 Å². The van der Waals surface area contributed by atoms with Gasteiger partial charge in [-0.1, -0.05) is 60.3 Å². The van der Waals surface area contributed by atoms with E-state index in [4.69, 9.17) is 0 Å². The molecule has 0 aliphatic heterocycles. The van der Waals surface area contributed by atoms with Crippen LogP contribution in [0.3, 0.4) is 0 Å². The lowest BCUT2D eigenvalue weighted by Gasteiger charge is -2.33. The van der Waals surface area contributed by atoms with Gasteiger partial charge in [-0.25, -0.2) is 19.0 Å². The molecule has 31 heavy (non-hydrogen) atoms. The van der Waals surface area contributed by atoms with Crippen LogP contribution in [0.2, 0.25) is 0 Å². The third-order valence-electron chi connectivity index (χ3n) is 4.81. The number of hydrogen-bond donors (Lipinski definition) is 1. The van der Waals surface area contributed by atoms with E-state index in [-0.39, 0.29) is 17.6 Å². The zero-order valence-corrected chi connectivity index (χ0v) is 18.3. The van der Waals surface area contributed by atoms with Crippen LogP contribution in [0.5, 0.6) is 0 Å². The maximum Gasteiger partial charge on any atom is 0.170 e. The van der Waals surface area contributed by atoms with Crippen molar-refractivity contribution in [3.05, 3.63) is 90.0 Å². The van der Waals surface area contributed by atoms with Crippen LogP contribution in [0.4, 0.5) is 4.39 Å². The molecule has 0 saturated carbocycles. The van der Waals surface area contributed by atoms with E-state index in [1.54, 1.807) is 23.1 Å². The molecule has 9 heteroatoms. The van der Waals surface area contributed by atoms with Gasteiger partial charge in [-0.2, -0.15) is 9.47 Å². The molecule has 2 aromatic heterocycles. The molecule has 2 aromatic carbocycles. The Labute approximate surface area is 187 Å². The van der Waals surface area contributed by atoms with Crippen LogP contribution in [-0.4, -0.2) is 34.5 Å². The molecule has 0 spiro atoms. The number of benzene rings is 2. The minimum absolute atomic E-state index is 0.173. The second-order valence-corrected chi connectivity index (χ2v) is 9.29. The molecule has 0 radical (unpaired) electrons. The zero-order chi connectivity index (χ0) is 21.7. The number of aliphatic hydroxyl groups is 1. The van der Waals surface area contributed by atoms with Gasteiger partial charge in [0.15, 0.2) is 10.2 Å². The summed E-state index contributed by atoms with van der Waals surface area (Å²) in [6.07, 6.45) is 6.78. The van der Waals surface area contributed by atoms with Crippen molar-refractivity contribution < 1.29 is 9.50 Å². The van der Waals surface area contributed by atoms with Gasteiger partial charge in [-0.15, -0.1) is 0 Å². The molecule has 6 nitrogen and oxygen atoms in total. The molecule has 0 saturated heterocycles. The third kappa shape index (κ3) is 5.25. The summed E-state index contributed by atoms with van der Waals surface area (Å²) in [5, 5.41) is 15.4.